The van der Waals surface area contributed by atoms with Gasteiger partial charge < -0.3 is 0 Å². The molecular formula is C11H15N. The minimum absolute atomic E-state index is 0.545. The van der Waals surface area contributed by atoms with Gasteiger partial charge in [-0.05, 0) is 25.0 Å². The van der Waals surface area contributed by atoms with E-state index in [2.05, 4.69) is 24.6 Å². The standard InChI is InChI=1S/C11H15N/c1-3-7-10(4-2)11-8-5-6-9-12-11/h3,5-6,8-10H,1,4,7H2,2H3. The molecule has 1 atom stereocenters. The molecule has 0 amide bonds. The van der Waals surface area contributed by atoms with Crippen LogP contribution in [0.1, 0.15) is 31.4 Å². The Balaban J connectivity index is 2.72. The number of hydrogen-bond acceptors (Lipinski definition) is 1. The van der Waals surface area contributed by atoms with Crippen LogP contribution >= 0.6 is 0 Å². The molecule has 12 heavy (non-hydrogen) atoms. The lowest BCUT2D eigenvalue weighted by atomic mass is 9.98. The second kappa shape index (κ2) is 4.70. The van der Waals surface area contributed by atoms with Gasteiger partial charge in [0.05, 0.1) is 0 Å². The van der Waals surface area contributed by atoms with Gasteiger partial charge in [0, 0.05) is 17.8 Å². The van der Waals surface area contributed by atoms with Crippen LogP contribution in [0.2, 0.25) is 0 Å². The molecule has 1 nitrogen and oxygen atoms in total. The van der Waals surface area contributed by atoms with Crippen molar-refractivity contribution in [2.75, 3.05) is 0 Å². The molecule has 0 aliphatic carbocycles. The van der Waals surface area contributed by atoms with Crippen molar-refractivity contribution in [2.45, 2.75) is 25.7 Å². The predicted molar refractivity (Wildman–Crippen MR) is 52.1 cm³/mol. The van der Waals surface area contributed by atoms with Crippen LogP contribution in [-0.2, 0) is 0 Å². The zero-order valence-electron chi connectivity index (χ0n) is 7.53. The van der Waals surface area contributed by atoms with E-state index in [1.807, 2.05) is 24.4 Å². The highest BCUT2D eigenvalue weighted by Gasteiger charge is 2.06. The van der Waals surface area contributed by atoms with E-state index in [9.17, 15) is 0 Å². The van der Waals surface area contributed by atoms with Gasteiger partial charge in [-0.15, -0.1) is 6.58 Å². The van der Waals surface area contributed by atoms with Crippen molar-refractivity contribution in [1.29, 1.82) is 0 Å². The first-order valence-corrected chi connectivity index (χ1v) is 4.40. The lowest BCUT2D eigenvalue weighted by molar-refractivity contribution is 0.654. The summed E-state index contributed by atoms with van der Waals surface area (Å²) in [6, 6.07) is 6.07. The molecule has 1 aromatic rings. The fourth-order valence-corrected chi connectivity index (χ4v) is 1.32. The summed E-state index contributed by atoms with van der Waals surface area (Å²) in [7, 11) is 0. The molecule has 1 unspecified atom stereocenters. The molecule has 0 radical (unpaired) electrons. The fraction of sp³-hybridized carbons (Fsp3) is 0.364. The Bertz CT molecular complexity index is 228. The van der Waals surface area contributed by atoms with E-state index >= 15 is 0 Å². The van der Waals surface area contributed by atoms with Gasteiger partial charge in [0.1, 0.15) is 0 Å². The zero-order valence-corrected chi connectivity index (χ0v) is 7.53. The largest absolute Gasteiger partial charge is 0.261 e. The van der Waals surface area contributed by atoms with Crippen molar-refractivity contribution >= 4 is 0 Å². The van der Waals surface area contributed by atoms with Crippen molar-refractivity contribution < 1.29 is 0 Å². The first-order chi connectivity index (χ1) is 5.88. The Kier molecular flexibility index (Phi) is 3.52. The predicted octanol–water partition coefficient (Wildman–Crippen LogP) is 3.15. The van der Waals surface area contributed by atoms with E-state index in [0.29, 0.717) is 5.92 Å². The minimum Gasteiger partial charge on any atom is -0.261 e. The van der Waals surface area contributed by atoms with Crippen molar-refractivity contribution in [1.82, 2.24) is 4.98 Å². The maximum absolute atomic E-state index is 4.32. The average molecular weight is 161 g/mol. The van der Waals surface area contributed by atoms with Crippen LogP contribution in [0.5, 0.6) is 0 Å². The Morgan fingerprint density at radius 1 is 1.58 bits per heavy atom. The summed E-state index contributed by atoms with van der Waals surface area (Å²) < 4.78 is 0. The van der Waals surface area contributed by atoms with E-state index < -0.39 is 0 Å². The van der Waals surface area contributed by atoms with Crippen LogP contribution in [0.15, 0.2) is 37.1 Å². The van der Waals surface area contributed by atoms with Crippen molar-refractivity contribution in [3.05, 3.63) is 42.7 Å². The van der Waals surface area contributed by atoms with Gasteiger partial charge in [0.15, 0.2) is 0 Å². The van der Waals surface area contributed by atoms with Crippen LogP contribution in [0.4, 0.5) is 0 Å². The molecule has 0 bridgehead atoms. The van der Waals surface area contributed by atoms with Crippen molar-refractivity contribution in [2.24, 2.45) is 0 Å². The van der Waals surface area contributed by atoms with Gasteiger partial charge in [0.2, 0.25) is 0 Å². The van der Waals surface area contributed by atoms with E-state index in [4.69, 9.17) is 0 Å². The van der Waals surface area contributed by atoms with Crippen molar-refractivity contribution in [3.63, 3.8) is 0 Å². The normalized spacial score (nSPS) is 12.4. The summed E-state index contributed by atoms with van der Waals surface area (Å²) in [6.45, 7) is 5.93. The topological polar surface area (TPSA) is 12.9 Å². The Hall–Kier alpha value is -1.11. The molecule has 0 aliphatic rings. The van der Waals surface area contributed by atoms with Crippen LogP contribution in [-0.4, -0.2) is 4.98 Å². The number of allylic oxidation sites excluding steroid dienone is 1. The Morgan fingerprint density at radius 3 is 2.92 bits per heavy atom. The number of aromatic nitrogens is 1. The molecule has 1 rings (SSSR count). The maximum Gasteiger partial charge on any atom is 0.0437 e. The molecule has 1 heterocycles. The molecule has 0 saturated carbocycles. The number of nitrogens with zero attached hydrogens (tertiary/aromatic N) is 1. The molecule has 0 aliphatic heterocycles. The highest BCUT2D eigenvalue weighted by Crippen LogP contribution is 2.20. The van der Waals surface area contributed by atoms with Crippen LogP contribution in [0.25, 0.3) is 0 Å². The summed E-state index contributed by atoms with van der Waals surface area (Å²) >= 11 is 0. The number of hydrogen-bond donors (Lipinski definition) is 0. The third-order valence-corrected chi connectivity index (χ3v) is 2.05. The molecule has 0 N–H and O–H groups in total. The van der Waals surface area contributed by atoms with Gasteiger partial charge in [-0.1, -0.05) is 19.1 Å². The molecule has 0 fully saturated rings. The van der Waals surface area contributed by atoms with Gasteiger partial charge in [0.25, 0.3) is 0 Å². The Labute approximate surface area is 74.2 Å². The summed E-state index contributed by atoms with van der Waals surface area (Å²) in [5.74, 6) is 0.545. The smallest absolute Gasteiger partial charge is 0.0437 e. The third kappa shape index (κ3) is 2.19. The summed E-state index contributed by atoms with van der Waals surface area (Å²) in [5, 5.41) is 0. The Morgan fingerprint density at radius 2 is 2.42 bits per heavy atom. The molecule has 64 valence electrons. The van der Waals surface area contributed by atoms with Crippen molar-refractivity contribution in [3.8, 4) is 0 Å². The maximum atomic E-state index is 4.32. The molecular weight excluding hydrogens is 146 g/mol. The summed E-state index contributed by atoms with van der Waals surface area (Å²) in [5.41, 5.74) is 1.18. The van der Waals surface area contributed by atoms with E-state index in [1.165, 1.54) is 5.69 Å². The van der Waals surface area contributed by atoms with Gasteiger partial charge in [-0.3, -0.25) is 4.98 Å². The van der Waals surface area contributed by atoms with Crippen LogP contribution in [0.3, 0.4) is 0 Å². The first-order valence-electron chi connectivity index (χ1n) is 4.40. The first kappa shape index (κ1) is 8.98. The van der Waals surface area contributed by atoms with E-state index in [0.717, 1.165) is 12.8 Å². The number of pyridine rings is 1. The fourth-order valence-electron chi connectivity index (χ4n) is 1.32. The quantitative estimate of drug-likeness (QED) is 0.618. The zero-order chi connectivity index (χ0) is 8.81. The third-order valence-electron chi connectivity index (χ3n) is 2.05. The molecule has 0 spiro atoms. The summed E-state index contributed by atoms with van der Waals surface area (Å²) in [6.07, 6.45) is 5.96. The highest BCUT2D eigenvalue weighted by atomic mass is 14.7. The van der Waals surface area contributed by atoms with E-state index in [1.54, 1.807) is 0 Å². The van der Waals surface area contributed by atoms with Crippen LogP contribution < -0.4 is 0 Å². The molecule has 0 saturated heterocycles. The van der Waals surface area contributed by atoms with Gasteiger partial charge in [-0.2, -0.15) is 0 Å². The highest BCUT2D eigenvalue weighted by molar-refractivity contribution is 5.10. The second-order valence-corrected chi connectivity index (χ2v) is 2.88. The van der Waals surface area contributed by atoms with Gasteiger partial charge in [-0.25, -0.2) is 0 Å². The molecule has 0 aromatic carbocycles. The lowest BCUT2D eigenvalue weighted by Gasteiger charge is -2.10. The van der Waals surface area contributed by atoms with Crippen LogP contribution in [0, 0.1) is 0 Å². The van der Waals surface area contributed by atoms with Gasteiger partial charge >= 0.3 is 0 Å². The number of rotatable bonds is 4. The molecule has 1 heteroatoms. The lowest BCUT2D eigenvalue weighted by Crippen LogP contribution is -1.97. The second-order valence-electron chi connectivity index (χ2n) is 2.88. The monoisotopic (exact) mass is 161 g/mol. The minimum atomic E-state index is 0.545. The molecule has 1 aromatic heterocycles. The summed E-state index contributed by atoms with van der Waals surface area (Å²) in [4.78, 5) is 4.32. The van der Waals surface area contributed by atoms with E-state index in [-0.39, 0.29) is 0 Å². The SMILES string of the molecule is C=CCC(CC)c1ccccn1. The average Bonchev–Trinajstić information content (AvgIpc) is 2.15.